The van der Waals surface area contributed by atoms with Crippen LogP contribution in [-0.4, -0.2) is 20.9 Å². The molecule has 4 aromatic heterocycles. The minimum atomic E-state index is -0.242. The van der Waals surface area contributed by atoms with Gasteiger partial charge in [-0.05, 0) is 43.3 Å². The second kappa shape index (κ2) is 7.53. The molecule has 0 unspecified atom stereocenters. The standard InChI is InChI=1S/C23H16N4O2S/c1-14-6-7-21(29-14)19-12-17(16-4-2-3-5-18(16)25-19)22(28)27-23-26-20(13-30-23)15-8-10-24-11-9-15/h2-13H,1H3,(H,26,27,28). The summed E-state index contributed by atoms with van der Waals surface area (Å²) in [4.78, 5) is 26.4. The summed E-state index contributed by atoms with van der Waals surface area (Å²) >= 11 is 1.38. The van der Waals surface area contributed by atoms with Crippen LogP contribution >= 0.6 is 11.3 Å². The summed E-state index contributed by atoms with van der Waals surface area (Å²) < 4.78 is 5.71. The van der Waals surface area contributed by atoms with Gasteiger partial charge in [-0.25, -0.2) is 9.97 Å². The van der Waals surface area contributed by atoms with Crippen LogP contribution in [0.5, 0.6) is 0 Å². The number of rotatable bonds is 4. The van der Waals surface area contributed by atoms with E-state index in [-0.39, 0.29) is 5.91 Å². The third kappa shape index (κ3) is 3.46. The first-order chi connectivity index (χ1) is 14.7. The predicted molar refractivity (Wildman–Crippen MR) is 117 cm³/mol. The van der Waals surface area contributed by atoms with Gasteiger partial charge in [0, 0.05) is 28.7 Å². The summed E-state index contributed by atoms with van der Waals surface area (Å²) in [5.41, 5.74) is 3.61. The van der Waals surface area contributed by atoms with Crippen LogP contribution in [-0.2, 0) is 0 Å². The van der Waals surface area contributed by atoms with E-state index in [1.54, 1.807) is 18.5 Å². The highest BCUT2D eigenvalue weighted by Gasteiger charge is 2.17. The minimum absolute atomic E-state index is 0.242. The van der Waals surface area contributed by atoms with E-state index in [1.807, 2.05) is 60.8 Å². The molecule has 0 fully saturated rings. The van der Waals surface area contributed by atoms with Crippen molar-refractivity contribution in [1.82, 2.24) is 15.0 Å². The van der Waals surface area contributed by atoms with Crippen LogP contribution in [0.25, 0.3) is 33.6 Å². The summed E-state index contributed by atoms with van der Waals surface area (Å²) in [5.74, 6) is 1.17. The van der Waals surface area contributed by atoms with Gasteiger partial charge in [0.05, 0.1) is 16.8 Å². The Labute approximate surface area is 176 Å². The monoisotopic (exact) mass is 412 g/mol. The number of thiazole rings is 1. The van der Waals surface area contributed by atoms with Crippen LogP contribution < -0.4 is 5.32 Å². The first-order valence-electron chi connectivity index (χ1n) is 9.31. The third-order valence-electron chi connectivity index (χ3n) is 4.65. The lowest BCUT2D eigenvalue weighted by Gasteiger charge is -2.08. The van der Waals surface area contributed by atoms with Crippen LogP contribution in [0.4, 0.5) is 5.13 Å². The second-order valence-electron chi connectivity index (χ2n) is 6.71. The van der Waals surface area contributed by atoms with Crippen LogP contribution in [0.2, 0.25) is 0 Å². The van der Waals surface area contributed by atoms with Crippen molar-refractivity contribution >= 4 is 33.3 Å². The fourth-order valence-electron chi connectivity index (χ4n) is 3.21. The number of benzene rings is 1. The SMILES string of the molecule is Cc1ccc(-c2cc(C(=O)Nc3nc(-c4ccncc4)cs3)c3ccccc3n2)o1. The molecule has 0 aliphatic heterocycles. The summed E-state index contributed by atoms with van der Waals surface area (Å²) in [7, 11) is 0. The molecule has 0 saturated carbocycles. The van der Waals surface area contributed by atoms with Crippen molar-refractivity contribution in [2.45, 2.75) is 6.92 Å². The molecular formula is C23H16N4O2S. The zero-order valence-electron chi connectivity index (χ0n) is 16.0. The number of hydrogen-bond acceptors (Lipinski definition) is 6. The number of fused-ring (bicyclic) bond motifs is 1. The molecule has 5 aromatic rings. The second-order valence-corrected chi connectivity index (χ2v) is 7.57. The molecule has 1 amide bonds. The lowest BCUT2D eigenvalue weighted by molar-refractivity contribution is 0.102. The molecule has 0 aliphatic rings. The molecule has 4 heterocycles. The Hall–Kier alpha value is -3.84. The Bertz CT molecular complexity index is 1360. The van der Waals surface area contributed by atoms with Crippen molar-refractivity contribution < 1.29 is 9.21 Å². The summed E-state index contributed by atoms with van der Waals surface area (Å²) in [5, 5.41) is 6.13. The molecule has 0 atom stereocenters. The number of pyridine rings is 2. The van der Waals surface area contributed by atoms with Gasteiger partial charge in [-0.2, -0.15) is 0 Å². The van der Waals surface area contributed by atoms with Gasteiger partial charge >= 0.3 is 0 Å². The molecule has 1 N–H and O–H groups in total. The smallest absolute Gasteiger partial charge is 0.258 e. The first-order valence-corrected chi connectivity index (χ1v) is 10.2. The maximum atomic E-state index is 13.1. The average molecular weight is 412 g/mol. The third-order valence-corrected chi connectivity index (χ3v) is 5.41. The number of hydrogen-bond donors (Lipinski definition) is 1. The van der Waals surface area contributed by atoms with Crippen molar-refractivity contribution in [3.05, 3.63) is 83.7 Å². The van der Waals surface area contributed by atoms with Gasteiger partial charge in [0.2, 0.25) is 0 Å². The number of amides is 1. The molecule has 0 spiro atoms. The van der Waals surface area contributed by atoms with E-state index < -0.39 is 0 Å². The zero-order valence-corrected chi connectivity index (χ0v) is 16.8. The maximum absolute atomic E-state index is 13.1. The number of aryl methyl sites for hydroxylation is 1. The maximum Gasteiger partial charge on any atom is 0.258 e. The molecule has 1 aromatic carbocycles. The number of para-hydroxylation sites is 1. The zero-order chi connectivity index (χ0) is 20.5. The van der Waals surface area contributed by atoms with Gasteiger partial charge in [0.15, 0.2) is 10.9 Å². The number of anilines is 1. The molecule has 6 nitrogen and oxygen atoms in total. The quantitative estimate of drug-likeness (QED) is 0.417. The van der Waals surface area contributed by atoms with E-state index in [9.17, 15) is 4.79 Å². The normalized spacial score (nSPS) is 11.0. The van der Waals surface area contributed by atoms with E-state index in [4.69, 9.17) is 4.42 Å². The molecule has 5 rings (SSSR count). The molecule has 0 radical (unpaired) electrons. The lowest BCUT2D eigenvalue weighted by Crippen LogP contribution is -2.13. The Morgan fingerprint density at radius 2 is 1.83 bits per heavy atom. The number of carbonyl (C=O) groups is 1. The average Bonchev–Trinajstić information content (AvgIpc) is 3.42. The molecule has 0 bridgehead atoms. The Balaban J connectivity index is 1.51. The highest BCUT2D eigenvalue weighted by Crippen LogP contribution is 2.28. The fraction of sp³-hybridized carbons (Fsp3) is 0.0435. The van der Waals surface area contributed by atoms with E-state index in [0.29, 0.717) is 22.1 Å². The van der Waals surface area contributed by atoms with Crippen molar-refractivity contribution in [1.29, 1.82) is 0 Å². The molecular weight excluding hydrogens is 396 g/mol. The van der Waals surface area contributed by atoms with Gasteiger partial charge in [-0.1, -0.05) is 18.2 Å². The molecule has 30 heavy (non-hydrogen) atoms. The number of nitrogens with zero attached hydrogens (tertiary/aromatic N) is 3. The summed E-state index contributed by atoms with van der Waals surface area (Å²) in [6.45, 7) is 1.88. The van der Waals surface area contributed by atoms with Crippen molar-refractivity contribution in [3.63, 3.8) is 0 Å². The molecule has 0 saturated heterocycles. The Kier molecular flexibility index (Phi) is 4.57. The molecule has 7 heteroatoms. The highest BCUT2D eigenvalue weighted by atomic mass is 32.1. The van der Waals surface area contributed by atoms with Gasteiger partial charge in [0.1, 0.15) is 11.5 Å². The fourth-order valence-corrected chi connectivity index (χ4v) is 3.93. The van der Waals surface area contributed by atoms with Crippen molar-refractivity contribution in [3.8, 4) is 22.7 Å². The van der Waals surface area contributed by atoms with Gasteiger partial charge in [-0.3, -0.25) is 15.1 Å². The van der Waals surface area contributed by atoms with E-state index in [2.05, 4.69) is 20.3 Å². The molecule has 146 valence electrons. The Morgan fingerprint density at radius 3 is 2.63 bits per heavy atom. The van der Waals surface area contributed by atoms with Crippen molar-refractivity contribution in [2.75, 3.05) is 5.32 Å². The topological polar surface area (TPSA) is 80.9 Å². The van der Waals surface area contributed by atoms with Crippen LogP contribution in [0.1, 0.15) is 16.1 Å². The number of nitrogens with one attached hydrogen (secondary N) is 1. The lowest BCUT2D eigenvalue weighted by atomic mass is 10.1. The molecule has 0 aliphatic carbocycles. The van der Waals surface area contributed by atoms with Crippen LogP contribution in [0, 0.1) is 6.92 Å². The van der Waals surface area contributed by atoms with E-state index in [1.165, 1.54) is 11.3 Å². The van der Waals surface area contributed by atoms with Crippen LogP contribution in [0.3, 0.4) is 0 Å². The van der Waals surface area contributed by atoms with Crippen molar-refractivity contribution in [2.24, 2.45) is 0 Å². The highest BCUT2D eigenvalue weighted by molar-refractivity contribution is 7.14. The van der Waals surface area contributed by atoms with Gasteiger partial charge < -0.3 is 4.42 Å². The van der Waals surface area contributed by atoms with Gasteiger partial charge in [0.25, 0.3) is 5.91 Å². The van der Waals surface area contributed by atoms with E-state index in [0.717, 1.165) is 27.9 Å². The minimum Gasteiger partial charge on any atom is -0.460 e. The summed E-state index contributed by atoms with van der Waals surface area (Å²) in [6.07, 6.45) is 3.43. The van der Waals surface area contributed by atoms with Gasteiger partial charge in [-0.15, -0.1) is 11.3 Å². The number of carbonyl (C=O) groups excluding carboxylic acids is 1. The first kappa shape index (κ1) is 18.2. The summed E-state index contributed by atoms with van der Waals surface area (Å²) in [6, 6.07) is 16.8. The van der Waals surface area contributed by atoms with E-state index >= 15 is 0 Å². The Morgan fingerprint density at radius 1 is 1.00 bits per heavy atom. The largest absolute Gasteiger partial charge is 0.460 e. The number of furan rings is 1. The number of aromatic nitrogens is 3. The predicted octanol–water partition coefficient (Wildman–Crippen LogP) is 5.57. The van der Waals surface area contributed by atoms with Crippen LogP contribution in [0.15, 0.2) is 76.8 Å².